The highest BCUT2D eigenvalue weighted by molar-refractivity contribution is 5.79. The van der Waals surface area contributed by atoms with Crippen molar-refractivity contribution in [3.63, 3.8) is 0 Å². The maximum atomic E-state index is 12.2. The summed E-state index contributed by atoms with van der Waals surface area (Å²) in [4.78, 5) is 6.35. The highest BCUT2D eigenvalue weighted by Crippen LogP contribution is 2.18. The van der Waals surface area contributed by atoms with Crippen LogP contribution >= 0.6 is 0 Å². The summed E-state index contributed by atoms with van der Waals surface area (Å²) in [6.07, 6.45) is 2.64. The molecule has 2 N–H and O–H groups in total. The van der Waals surface area contributed by atoms with Crippen molar-refractivity contribution in [1.29, 1.82) is 0 Å². The summed E-state index contributed by atoms with van der Waals surface area (Å²) in [6.45, 7) is 7.21. The van der Waals surface area contributed by atoms with Crippen molar-refractivity contribution in [3.8, 4) is 0 Å². The van der Waals surface area contributed by atoms with Crippen molar-refractivity contribution >= 4 is 5.96 Å². The quantitative estimate of drug-likeness (QED) is 0.557. The van der Waals surface area contributed by atoms with Gasteiger partial charge in [0.15, 0.2) is 5.96 Å². The molecule has 20 heavy (non-hydrogen) atoms. The summed E-state index contributed by atoms with van der Waals surface area (Å²) in [7, 11) is 0. The van der Waals surface area contributed by atoms with Gasteiger partial charge in [0.25, 0.3) is 6.43 Å². The van der Waals surface area contributed by atoms with Gasteiger partial charge in [-0.1, -0.05) is 13.3 Å². The van der Waals surface area contributed by atoms with E-state index in [9.17, 15) is 8.78 Å². The predicted molar refractivity (Wildman–Crippen MR) is 79.5 cm³/mol. The van der Waals surface area contributed by atoms with Crippen LogP contribution in [0.15, 0.2) is 4.99 Å². The lowest BCUT2D eigenvalue weighted by atomic mass is 10.0. The molecule has 1 fully saturated rings. The number of piperidine rings is 1. The van der Waals surface area contributed by atoms with Crippen molar-refractivity contribution in [3.05, 3.63) is 0 Å². The lowest BCUT2D eigenvalue weighted by Crippen LogP contribution is -2.46. The van der Waals surface area contributed by atoms with Gasteiger partial charge in [-0.3, -0.25) is 4.90 Å². The van der Waals surface area contributed by atoms with Crippen molar-refractivity contribution in [2.24, 2.45) is 4.99 Å². The summed E-state index contributed by atoms with van der Waals surface area (Å²) in [6, 6.07) is 0.672. The van der Waals surface area contributed by atoms with Gasteiger partial charge >= 0.3 is 0 Å². The van der Waals surface area contributed by atoms with Crippen LogP contribution in [0.4, 0.5) is 8.78 Å². The van der Waals surface area contributed by atoms with Gasteiger partial charge in [-0.05, 0) is 32.7 Å². The lowest BCUT2D eigenvalue weighted by molar-refractivity contribution is 0.146. The van der Waals surface area contributed by atoms with Crippen molar-refractivity contribution in [2.75, 3.05) is 32.7 Å². The van der Waals surface area contributed by atoms with E-state index >= 15 is 0 Å². The van der Waals surface area contributed by atoms with Crippen LogP contribution in [-0.2, 0) is 0 Å². The fourth-order valence-corrected chi connectivity index (χ4v) is 2.64. The number of halogens is 2. The average Bonchev–Trinajstić information content (AvgIpc) is 2.45. The smallest absolute Gasteiger partial charge is 0.257 e. The highest BCUT2D eigenvalue weighted by Gasteiger charge is 2.19. The van der Waals surface area contributed by atoms with Crippen LogP contribution in [0.25, 0.3) is 0 Å². The van der Waals surface area contributed by atoms with E-state index in [1.807, 2.05) is 6.92 Å². The first-order valence-corrected chi connectivity index (χ1v) is 7.71. The van der Waals surface area contributed by atoms with E-state index < -0.39 is 13.0 Å². The van der Waals surface area contributed by atoms with Crippen molar-refractivity contribution in [1.82, 2.24) is 15.5 Å². The molecule has 0 aliphatic carbocycles. The topological polar surface area (TPSA) is 39.7 Å². The molecule has 1 saturated heterocycles. The van der Waals surface area contributed by atoms with Gasteiger partial charge in [-0.2, -0.15) is 0 Å². The van der Waals surface area contributed by atoms with Crippen LogP contribution in [0.2, 0.25) is 0 Å². The number of hydrogen-bond donors (Lipinski definition) is 2. The maximum absolute atomic E-state index is 12.2. The summed E-state index contributed by atoms with van der Waals surface area (Å²) in [5.41, 5.74) is 0. The Kier molecular flexibility index (Phi) is 8.49. The van der Waals surface area contributed by atoms with E-state index in [0.29, 0.717) is 18.5 Å². The van der Waals surface area contributed by atoms with Crippen LogP contribution < -0.4 is 10.6 Å². The Labute approximate surface area is 121 Å². The number of likely N-dealkylation sites (tertiary alicyclic amines) is 1. The summed E-state index contributed by atoms with van der Waals surface area (Å²) in [5, 5.41) is 6.12. The number of nitrogens with one attached hydrogen (secondary N) is 2. The zero-order chi connectivity index (χ0) is 14.8. The van der Waals surface area contributed by atoms with E-state index in [2.05, 4.69) is 27.4 Å². The Morgan fingerprint density at radius 2 is 2.10 bits per heavy atom. The molecule has 0 aromatic carbocycles. The molecule has 0 aromatic heterocycles. The number of nitrogens with zero attached hydrogens (tertiary/aromatic N) is 2. The molecule has 1 aliphatic rings. The molecule has 1 rings (SSSR count). The number of rotatable bonds is 7. The molecule has 0 radical (unpaired) electrons. The molecular formula is C14H28F2N4. The molecule has 1 heterocycles. The molecule has 0 spiro atoms. The second-order valence-electron chi connectivity index (χ2n) is 5.13. The minimum absolute atomic E-state index is 0.448. The molecule has 0 bridgehead atoms. The van der Waals surface area contributed by atoms with Gasteiger partial charge in [0.05, 0.1) is 0 Å². The van der Waals surface area contributed by atoms with Crippen LogP contribution in [0.3, 0.4) is 0 Å². The molecule has 118 valence electrons. The van der Waals surface area contributed by atoms with E-state index in [-0.39, 0.29) is 0 Å². The summed E-state index contributed by atoms with van der Waals surface area (Å²) < 4.78 is 24.3. The first-order valence-electron chi connectivity index (χ1n) is 7.71. The van der Waals surface area contributed by atoms with Gasteiger partial charge in [-0.25, -0.2) is 13.8 Å². The SMILES string of the molecule is CCNC(=NCC(F)F)NCCN1CCCCC1CC. The molecule has 4 nitrogen and oxygen atoms in total. The third-order valence-corrected chi connectivity index (χ3v) is 3.64. The molecule has 1 atom stereocenters. The third-order valence-electron chi connectivity index (χ3n) is 3.64. The summed E-state index contributed by atoms with van der Waals surface area (Å²) in [5.74, 6) is 0.484. The molecule has 6 heteroatoms. The summed E-state index contributed by atoms with van der Waals surface area (Å²) >= 11 is 0. The Hall–Kier alpha value is -0.910. The van der Waals surface area contributed by atoms with Crippen LogP contribution in [0.5, 0.6) is 0 Å². The molecule has 0 aromatic rings. The molecule has 0 amide bonds. The number of alkyl halides is 2. The minimum Gasteiger partial charge on any atom is -0.357 e. The van der Waals surface area contributed by atoms with Crippen LogP contribution in [0.1, 0.15) is 39.5 Å². The van der Waals surface area contributed by atoms with E-state index in [4.69, 9.17) is 0 Å². The number of hydrogen-bond acceptors (Lipinski definition) is 2. The normalized spacial score (nSPS) is 21.2. The fourth-order valence-electron chi connectivity index (χ4n) is 2.64. The highest BCUT2D eigenvalue weighted by atomic mass is 19.3. The van der Waals surface area contributed by atoms with Crippen LogP contribution in [-0.4, -0.2) is 56.1 Å². The first kappa shape index (κ1) is 17.1. The van der Waals surface area contributed by atoms with Gasteiger partial charge in [0.1, 0.15) is 6.54 Å². The average molecular weight is 290 g/mol. The van der Waals surface area contributed by atoms with E-state index in [0.717, 1.165) is 19.6 Å². The Balaban J connectivity index is 2.33. The maximum Gasteiger partial charge on any atom is 0.257 e. The van der Waals surface area contributed by atoms with Crippen molar-refractivity contribution < 1.29 is 8.78 Å². The van der Waals surface area contributed by atoms with Gasteiger partial charge < -0.3 is 10.6 Å². The predicted octanol–water partition coefficient (Wildman–Crippen LogP) is 2.07. The second-order valence-corrected chi connectivity index (χ2v) is 5.13. The van der Waals surface area contributed by atoms with Gasteiger partial charge in [0, 0.05) is 25.7 Å². The van der Waals surface area contributed by atoms with Gasteiger partial charge in [0.2, 0.25) is 0 Å². The lowest BCUT2D eigenvalue weighted by Gasteiger charge is -2.35. The Morgan fingerprint density at radius 1 is 1.30 bits per heavy atom. The monoisotopic (exact) mass is 290 g/mol. The Morgan fingerprint density at radius 3 is 2.75 bits per heavy atom. The largest absolute Gasteiger partial charge is 0.357 e. The molecular weight excluding hydrogens is 262 g/mol. The minimum atomic E-state index is -2.39. The first-order chi connectivity index (χ1) is 9.67. The zero-order valence-corrected chi connectivity index (χ0v) is 12.7. The van der Waals surface area contributed by atoms with Crippen LogP contribution in [0, 0.1) is 0 Å². The Bertz CT molecular complexity index is 284. The van der Waals surface area contributed by atoms with E-state index in [1.54, 1.807) is 0 Å². The van der Waals surface area contributed by atoms with Crippen molar-refractivity contribution in [2.45, 2.75) is 52.0 Å². The molecule has 0 saturated carbocycles. The fraction of sp³-hybridized carbons (Fsp3) is 0.929. The third kappa shape index (κ3) is 6.50. The van der Waals surface area contributed by atoms with Gasteiger partial charge in [-0.15, -0.1) is 0 Å². The molecule has 1 aliphatic heterocycles. The number of aliphatic imine (C=N–C) groups is 1. The van der Waals surface area contributed by atoms with E-state index in [1.165, 1.54) is 25.7 Å². The number of guanidine groups is 1. The second kappa shape index (κ2) is 9.91. The zero-order valence-electron chi connectivity index (χ0n) is 12.7. The standard InChI is InChI=1S/C14H28F2N4/c1-3-12-7-5-6-9-20(12)10-8-18-14(17-4-2)19-11-13(15)16/h12-13H,3-11H2,1-2H3,(H2,17,18,19). The molecule has 1 unspecified atom stereocenters.